The van der Waals surface area contributed by atoms with E-state index in [-0.39, 0.29) is 17.3 Å². The molecule has 1 aliphatic rings. The van der Waals surface area contributed by atoms with E-state index < -0.39 is 22.4 Å². The number of nitrogens with one attached hydrogen (secondary N) is 1. The number of benzene rings is 2. The van der Waals surface area contributed by atoms with E-state index in [0.717, 1.165) is 18.9 Å². The molecule has 1 fully saturated rings. The number of alkyl halides is 3. The van der Waals surface area contributed by atoms with Gasteiger partial charge in [0.2, 0.25) is 11.6 Å². The van der Waals surface area contributed by atoms with Crippen molar-refractivity contribution in [1.29, 1.82) is 0 Å². The summed E-state index contributed by atoms with van der Waals surface area (Å²) in [6.45, 7) is 3.07. The first-order valence-electron chi connectivity index (χ1n) is 10.3. The van der Waals surface area contributed by atoms with Gasteiger partial charge >= 0.3 is 11.9 Å². The SMILES string of the molecule is O=[N+]([O-])c1c(Nc2ccccc2C(F)(F)F)ncnc1N1CCN(Cc2ccccc2)CC1. The number of aromatic nitrogens is 2. The molecule has 0 amide bonds. The number of anilines is 3. The first-order valence-corrected chi connectivity index (χ1v) is 10.3. The molecule has 0 saturated carbocycles. The second kappa shape index (κ2) is 9.41. The maximum Gasteiger partial charge on any atom is 0.418 e. The van der Waals surface area contributed by atoms with Crippen LogP contribution in [0.1, 0.15) is 11.1 Å². The number of nitro groups is 1. The molecule has 1 aliphatic heterocycles. The first-order chi connectivity index (χ1) is 15.8. The highest BCUT2D eigenvalue weighted by Crippen LogP contribution is 2.39. The summed E-state index contributed by atoms with van der Waals surface area (Å²) in [6, 6.07) is 14.8. The van der Waals surface area contributed by atoms with Gasteiger partial charge in [-0.05, 0) is 17.7 Å². The summed E-state index contributed by atoms with van der Waals surface area (Å²) in [6.07, 6.45) is -3.50. The van der Waals surface area contributed by atoms with E-state index in [0.29, 0.717) is 26.2 Å². The molecule has 2 heterocycles. The Hall–Kier alpha value is -3.73. The summed E-state index contributed by atoms with van der Waals surface area (Å²) in [7, 11) is 0. The Bertz CT molecular complexity index is 1120. The Labute approximate surface area is 187 Å². The normalized spacial score (nSPS) is 14.8. The summed E-state index contributed by atoms with van der Waals surface area (Å²) in [5.74, 6) is -0.199. The van der Waals surface area contributed by atoms with Crippen LogP contribution < -0.4 is 10.2 Å². The van der Waals surface area contributed by atoms with Gasteiger partial charge in [-0.1, -0.05) is 42.5 Å². The van der Waals surface area contributed by atoms with Gasteiger partial charge in [0.25, 0.3) is 0 Å². The van der Waals surface area contributed by atoms with Crippen molar-refractivity contribution < 1.29 is 18.1 Å². The zero-order valence-corrected chi connectivity index (χ0v) is 17.5. The number of halogens is 3. The first kappa shape index (κ1) is 22.5. The predicted octanol–water partition coefficient (Wildman–Crippen LogP) is 4.47. The van der Waals surface area contributed by atoms with E-state index in [9.17, 15) is 23.3 Å². The lowest BCUT2D eigenvalue weighted by Gasteiger charge is -2.35. The van der Waals surface area contributed by atoms with Gasteiger partial charge in [-0.2, -0.15) is 13.2 Å². The quantitative estimate of drug-likeness (QED) is 0.431. The van der Waals surface area contributed by atoms with Crippen molar-refractivity contribution in [2.24, 2.45) is 0 Å². The summed E-state index contributed by atoms with van der Waals surface area (Å²) in [5.41, 5.74) is -0.529. The minimum Gasteiger partial charge on any atom is -0.348 e. The van der Waals surface area contributed by atoms with Gasteiger partial charge in [0.05, 0.1) is 16.2 Å². The molecule has 172 valence electrons. The fraction of sp³-hybridized carbons (Fsp3) is 0.273. The standard InChI is InChI=1S/C22H21F3N6O2/c23-22(24,25)17-8-4-5-9-18(17)28-20-19(31(32)33)21(27-15-26-20)30-12-10-29(11-13-30)14-16-6-2-1-3-7-16/h1-9,15H,10-14H2,(H,26,27,28). The van der Waals surface area contributed by atoms with Gasteiger partial charge in [-0.15, -0.1) is 0 Å². The molecule has 8 nitrogen and oxygen atoms in total. The van der Waals surface area contributed by atoms with Crippen LogP contribution in [0.25, 0.3) is 0 Å². The molecule has 4 rings (SSSR count). The molecule has 0 unspecified atom stereocenters. The zero-order valence-electron chi connectivity index (χ0n) is 17.5. The van der Waals surface area contributed by atoms with Crippen molar-refractivity contribution in [2.75, 3.05) is 36.4 Å². The van der Waals surface area contributed by atoms with Gasteiger partial charge in [0.1, 0.15) is 6.33 Å². The lowest BCUT2D eigenvalue weighted by molar-refractivity contribution is -0.383. The molecular weight excluding hydrogens is 437 g/mol. The Kier molecular flexibility index (Phi) is 6.40. The second-order valence-corrected chi connectivity index (χ2v) is 7.57. The fourth-order valence-electron chi connectivity index (χ4n) is 3.79. The zero-order chi connectivity index (χ0) is 23.4. The maximum absolute atomic E-state index is 13.4. The van der Waals surface area contributed by atoms with Crippen LogP contribution >= 0.6 is 0 Å². The predicted molar refractivity (Wildman–Crippen MR) is 117 cm³/mol. The van der Waals surface area contributed by atoms with Gasteiger partial charge in [0, 0.05) is 32.7 Å². The molecule has 0 aliphatic carbocycles. The van der Waals surface area contributed by atoms with Crippen molar-refractivity contribution in [2.45, 2.75) is 12.7 Å². The number of rotatable bonds is 6. The van der Waals surface area contributed by atoms with E-state index in [1.54, 1.807) is 4.90 Å². The molecule has 0 radical (unpaired) electrons. The third-order valence-electron chi connectivity index (χ3n) is 5.39. The Morgan fingerprint density at radius 3 is 2.30 bits per heavy atom. The highest BCUT2D eigenvalue weighted by Gasteiger charge is 2.35. The van der Waals surface area contributed by atoms with Crippen LogP contribution in [0.5, 0.6) is 0 Å². The minimum atomic E-state index is -4.62. The van der Waals surface area contributed by atoms with Crippen molar-refractivity contribution in [3.8, 4) is 0 Å². The van der Waals surface area contributed by atoms with Crippen LogP contribution in [0, 0.1) is 10.1 Å². The van der Waals surface area contributed by atoms with E-state index in [1.165, 1.54) is 23.8 Å². The molecule has 11 heteroatoms. The second-order valence-electron chi connectivity index (χ2n) is 7.57. The van der Waals surface area contributed by atoms with Gasteiger partial charge < -0.3 is 10.2 Å². The average Bonchev–Trinajstić information content (AvgIpc) is 2.80. The Morgan fingerprint density at radius 2 is 1.64 bits per heavy atom. The lowest BCUT2D eigenvalue weighted by Crippen LogP contribution is -2.46. The summed E-state index contributed by atoms with van der Waals surface area (Å²) in [5, 5.41) is 14.4. The molecular formula is C22H21F3N6O2. The third kappa shape index (κ3) is 5.20. The van der Waals surface area contributed by atoms with Crippen LogP contribution in [-0.4, -0.2) is 46.0 Å². The van der Waals surface area contributed by atoms with Crippen molar-refractivity contribution >= 4 is 23.0 Å². The number of hydrogen-bond donors (Lipinski definition) is 1. The topological polar surface area (TPSA) is 87.4 Å². The highest BCUT2D eigenvalue weighted by molar-refractivity contribution is 5.75. The van der Waals surface area contributed by atoms with Crippen LogP contribution in [0.4, 0.5) is 36.2 Å². The third-order valence-corrected chi connectivity index (χ3v) is 5.39. The fourth-order valence-corrected chi connectivity index (χ4v) is 3.79. The smallest absolute Gasteiger partial charge is 0.348 e. The lowest BCUT2D eigenvalue weighted by atomic mass is 10.1. The molecule has 1 saturated heterocycles. The van der Waals surface area contributed by atoms with E-state index >= 15 is 0 Å². The van der Waals surface area contributed by atoms with Crippen LogP contribution in [-0.2, 0) is 12.7 Å². The molecule has 1 aromatic heterocycles. The number of piperazine rings is 1. The maximum atomic E-state index is 13.4. The van der Waals surface area contributed by atoms with Gasteiger partial charge in [-0.25, -0.2) is 9.97 Å². The van der Waals surface area contributed by atoms with E-state index in [4.69, 9.17) is 0 Å². The average molecular weight is 458 g/mol. The summed E-state index contributed by atoms with van der Waals surface area (Å²) < 4.78 is 40.1. The minimum absolute atomic E-state index is 0.0846. The molecule has 1 N–H and O–H groups in total. The molecule has 3 aromatic rings. The van der Waals surface area contributed by atoms with Gasteiger partial charge in [-0.3, -0.25) is 15.0 Å². The van der Waals surface area contributed by atoms with Crippen LogP contribution in [0.2, 0.25) is 0 Å². The molecule has 0 atom stereocenters. The summed E-state index contributed by atoms with van der Waals surface area (Å²) >= 11 is 0. The number of hydrogen-bond acceptors (Lipinski definition) is 7. The van der Waals surface area contributed by atoms with Crippen molar-refractivity contribution in [1.82, 2.24) is 14.9 Å². The van der Waals surface area contributed by atoms with Crippen molar-refractivity contribution in [3.05, 3.63) is 82.2 Å². The molecule has 0 bridgehead atoms. The Balaban J connectivity index is 1.55. The van der Waals surface area contributed by atoms with Gasteiger partial charge in [0.15, 0.2) is 0 Å². The monoisotopic (exact) mass is 458 g/mol. The summed E-state index contributed by atoms with van der Waals surface area (Å²) in [4.78, 5) is 23.2. The van der Waals surface area contributed by atoms with Crippen LogP contribution in [0.3, 0.4) is 0 Å². The number of nitrogens with zero attached hydrogens (tertiary/aromatic N) is 5. The Morgan fingerprint density at radius 1 is 0.970 bits per heavy atom. The van der Waals surface area contributed by atoms with E-state index in [1.807, 2.05) is 30.3 Å². The van der Waals surface area contributed by atoms with Crippen molar-refractivity contribution in [3.63, 3.8) is 0 Å². The molecule has 0 spiro atoms. The van der Waals surface area contributed by atoms with E-state index in [2.05, 4.69) is 20.2 Å². The largest absolute Gasteiger partial charge is 0.418 e. The van der Waals surface area contributed by atoms with Crippen LogP contribution in [0.15, 0.2) is 60.9 Å². The molecule has 2 aromatic carbocycles. The highest BCUT2D eigenvalue weighted by atomic mass is 19.4. The number of para-hydroxylation sites is 1. The molecule has 33 heavy (non-hydrogen) atoms.